The number of nitrogens with one attached hydrogen (secondary N) is 1. The lowest BCUT2D eigenvalue weighted by Gasteiger charge is -2.04. The predicted molar refractivity (Wildman–Crippen MR) is 95.1 cm³/mol. The number of fused-ring (bicyclic) bond motifs is 1. The van der Waals surface area contributed by atoms with E-state index in [1.54, 1.807) is 42.0 Å². The second-order valence-corrected chi connectivity index (χ2v) is 6.21. The summed E-state index contributed by atoms with van der Waals surface area (Å²) in [4.78, 5) is 20.8. The molecule has 0 radical (unpaired) electrons. The third-order valence-corrected chi connectivity index (χ3v) is 4.33. The van der Waals surface area contributed by atoms with Crippen LogP contribution in [0.15, 0.2) is 54.2 Å². The highest BCUT2D eigenvalue weighted by atomic mass is 32.1. The van der Waals surface area contributed by atoms with Gasteiger partial charge in [0.25, 0.3) is 5.91 Å². The number of nitrogens with zero attached hydrogens (tertiary/aromatic N) is 4. The number of alkyl halides is 2. The van der Waals surface area contributed by atoms with E-state index in [4.69, 9.17) is 0 Å². The van der Waals surface area contributed by atoms with Gasteiger partial charge in [0.15, 0.2) is 16.5 Å². The van der Waals surface area contributed by atoms with Gasteiger partial charge in [-0.2, -0.15) is 13.9 Å². The molecule has 4 aromatic rings. The van der Waals surface area contributed by atoms with Crippen molar-refractivity contribution in [1.29, 1.82) is 0 Å². The van der Waals surface area contributed by atoms with E-state index in [1.165, 1.54) is 28.0 Å². The van der Waals surface area contributed by atoms with E-state index in [1.807, 2.05) is 0 Å². The largest absolute Gasteiger partial charge is 0.435 e. The van der Waals surface area contributed by atoms with Crippen LogP contribution in [0.4, 0.5) is 13.9 Å². The molecule has 10 heteroatoms. The Balaban J connectivity index is 1.48. The van der Waals surface area contributed by atoms with E-state index in [0.29, 0.717) is 22.0 Å². The number of carbonyl (C=O) groups is 1. The first-order chi connectivity index (χ1) is 13.1. The van der Waals surface area contributed by atoms with Crippen LogP contribution in [0.2, 0.25) is 0 Å². The molecule has 0 bridgehead atoms. The number of hydrogen-bond acceptors (Lipinski definition) is 6. The van der Waals surface area contributed by atoms with Crippen LogP contribution in [0, 0.1) is 0 Å². The third-order valence-electron chi connectivity index (χ3n) is 3.57. The van der Waals surface area contributed by atoms with Gasteiger partial charge >= 0.3 is 6.61 Å². The molecule has 7 nitrogen and oxygen atoms in total. The maximum atomic E-state index is 12.3. The number of carbonyl (C=O) groups excluding carboxylic acids is 1. The number of aromatic nitrogens is 4. The maximum absolute atomic E-state index is 12.3. The Morgan fingerprint density at radius 1 is 1.26 bits per heavy atom. The van der Waals surface area contributed by atoms with Crippen molar-refractivity contribution in [3.8, 4) is 17.0 Å². The molecule has 0 spiro atoms. The number of benzene rings is 1. The normalized spacial score (nSPS) is 11.1. The molecule has 136 valence electrons. The minimum absolute atomic E-state index is 0.0676. The molecule has 0 unspecified atom stereocenters. The van der Waals surface area contributed by atoms with Crippen LogP contribution >= 0.6 is 11.3 Å². The van der Waals surface area contributed by atoms with Crippen molar-refractivity contribution >= 4 is 28.0 Å². The van der Waals surface area contributed by atoms with Gasteiger partial charge in [-0.25, -0.2) is 14.5 Å². The SMILES string of the molecule is O=C(Nc1nc(-c2ccc(OC(F)F)cc2)cs1)c1cc2ncccn2n1. The maximum Gasteiger partial charge on any atom is 0.387 e. The van der Waals surface area contributed by atoms with Crippen molar-refractivity contribution in [3.63, 3.8) is 0 Å². The van der Waals surface area contributed by atoms with Crippen LogP contribution in [0.25, 0.3) is 16.9 Å². The van der Waals surface area contributed by atoms with Crippen LogP contribution in [0.5, 0.6) is 5.75 Å². The molecule has 0 aliphatic heterocycles. The molecular formula is C17H11F2N5O2S. The monoisotopic (exact) mass is 387 g/mol. The van der Waals surface area contributed by atoms with Crippen molar-refractivity contribution in [1.82, 2.24) is 19.6 Å². The highest BCUT2D eigenvalue weighted by Gasteiger charge is 2.14. The second kappa shape index (κ2) is 7.08. The topological polar surface area (TPSA) is 81.4 Å². The molecule has 3 aromatic heterocycles. The van der Waals surface area contributed by atoms with Crippen LogP contribution in [0.1, 0.15) is 10.5 Å². The predicted octanol–water partition coefficient (Wildman–Crippen LogP) is 3.71. The van der Waals surface area contributed by atoms with Gasteiger partial charge < -0.3 is 4.74 Å². The van der Waals surface area contributed by atoms with Gasteiger partial charge in [0, 0.05) is 29.4 Å². The zero-order valence-electron chi connectivity index (χ0n) is 13.5. The minimum Gasteiger partial charge on any atom is -0.435 e. The van der Waals surface area contributed by atoms with Crippen LogP contribution in [-0.4, -0.2) is 32.1 Å². The van der Waals surface area contributed by atoms with Crippen molar-refractivity contribution in [2.75, 3.05) is 5.32 Å². The number of hydrogen-bond donors (Lipinski definition) is 1. The molecule has 0 saturated heterocycles. The van der Waals surface area contributed by atoms with E-state index < -0.39 is 12.5 Å². The highest BCUT2D eigenvalue weighted by Crippen LogP contribution is 2.27. The summed E-state index contributed by atoms with van der Waals surface area (Å²) in [7, 11) is 0. The summed E-state index contributed by atoms with van der Waals surface area (Å²) in [5.41, 5.74) is 2.10. The Morgan fingerprint density at radius 3 is 2.81 bits per heavy atom. The summed E-state index contributed by atoms with van der Waals surface area (Å²) in [6.07, 6.45) is 3.31. The Labute approximate surface area is 155 Å². The summed E-state index contributed by atoms with van der Waals surface area (Å²) >= 11 is 1.24. The molecule has 3 heterocycles. The van der Waals surface area contributed by atoms with Crippen molar-refractivity contribution < 1.29 is 18.3 Å². The van der Waals surface area contributed by atoms with E-state index >= 15 is 0 Å². The number of anilines is 1. The lowest BCUT2D eigenvalue weighted by Crippen LogP contribution is -2.12. The summed E-state index contributed by atoms with van der Waals surface area (Å²) in [5.74, 6) is -0.333. The summed E-state index contributed by atoms with van der Waals surface area (Å²) in [5, 5.41) is 8.99. The molecule has 1 N–H and O–H groups in total. The Morgan fingerprint density at radius 2 is 2.07 bits per heavy atom. The van der Waals surface area contributed by atoms with E-state index in [2.05, 4.69) is 25.1 Å². The van der Waals surface area contributed by atoms with E-state index in [0.717, 1.165) is 0 Å². The smallest absolute Gasteiger partial charge is 0.387 e. The third kappa shape index (κ3) is 3.75. The zero-order chi connectivity index (χ0) is 18.8. The molecule has 1 amide bonds. The van der Waals surface area contributed by atoms with Crippen LogP contribution in [-0.2, 0) is 0 Å². The van der Waals surface area contributed by atoms with Crippen LogP contribution in [0.3, 0.4) is 0 Å². The standard InChI is InChI=1S/C17H11F2N5O2S/c18-16(19)26-11-4-2-10(3-5-11)13-9-27-17(21-13)22-15(25)12-8-14-20-6-1-7-24(14)23-12/h1-9,16H,(H,21,22,25). The van der Waals surface area contributed by atoms with Crippen molar-refractivity contribution in [2.45, 2.75) is 6.61 Å². The first-order valence-corrected chi connectivity index (χ1v) is 8.59. The summed E-state index contributed by atoms with van der Waals surface area (Å²) in [6.45, 7) is -2.87. The summed E-state index contributed by atoms with van der Waals surface area (Å²) in [6, 6.07) is 9.39. The zero-order valence-corrected chi connectivity index (χ0v) is 14.4. The first kappa shape index (κ1) is 17.0. The van der Waals surface area contributed by atoms with Gasteiger partial charge in [-0.05, 0) is 30.3 Å². The first-order valence-electron chi connectivity index (χ1n) is 7.71. The average molecular weight is 387 g/mol. The van der Waals surface area contributed by atoms with Gasteiger partial charge in [0.1, 0.15) is 5.75 Å². The number of halogens is 2. The fourth-order valence-corrected chi connectivity index (χ4v) is 3.09. The number of ether oxygens (including phenoxy) is 1. The molecule has 27 heavy (non-hydrogen) atoms. The van der Waals surface area contributed by atoms with Gasteiger partial charge in [-0.1, -0.05) is 0 Å². The Bertz CT molecular complexity index is 1060. The fourth-order valence-electron chi connectivity index (χ4n) is 2.37. The lowest BCUT2D eigenvalue weighted by atomic mass is 10.2. The average Bonchev–Trinajstić information content (AvgIpc) is 3.28. The molecule has 1 aromatic carbocycles. The van der Waals surface area contributed by atoms with E-state index in [-0.39, 0.29) is 11.4 Å². The van der Waals surface area contributed by atoms with Gasteiger partial charge in [0.05, 0.1) is 5.69 Å². The Hall–Kier alpha value is -3.40. The molecule has 0 saturated carbocycles. The van der Waals surface area contributed by atoms with Crippen molar-refractivity contribution in [2.24, 2.45) is 0 Å². The van der Waals surface area contributed by atoms with Gasteiger partial charge in [-0.3, -0.25) is 10.1 Å². The summed E-state index contributed by atoms with van der Waals surface area (Å²) < 4.78 is 30.2. The van der Waals surface area contributed by atoms with Crippen LogP contribution < -0.4 is 10.1 Å². The highest BCUT2D eigenvalue weighted by molar-refractivity contribution is 7.14. The molecule has 0 aliphatic rings. The lowest BCUT2D eigenvalue weighted by molar-refractivity contribution is -0.0498. The van der Waals surface area contributed by atoms with Gasteiger partial charge in [0.2, 0.25) is 0 Å². The second-order valence-electron chi connectivity index (χ2n) is 5.35. The minimum atomic E-state index is -2.87. The van der Waals surface area contributed by atoms with Gasteiger partial charge in [-0.15, -0.1) is 11.3 Å². The molecular weight excluding hydrogens is 376 g/mol. The van der Waals surface area contributed by atoms with E-state index in [9.17, 15) is 13.6 Å². The van der Waals surface area contributed by atoms with Crippen molar-refractivity contribution in [3.05, 3.63) is 59.9 Å². The molecule has 0 atom stereocenters. The molecule has 4 rings (SSSR count). The quantitative estimate of drug-likeness (QED) is 0.565. The number of rotatable bonds is 5. The Kier molecular flexibility index (Phi) is 4.47. The molecule has 0 fully saturated rings. The number of amides is 1. The fraction of sp³-hybridized carbons (Fsp3) is 0.0588. The molecule has 0 aliphatic carbocycles. The number of thiazole rings is 1.